The Morgan fingerprint density at radius 2 is 0.673 bits per heavy atom. The second-order valence-electron chi connectivity index (χ2n) is 25.1. The van der Waals surface area contributed by atoms with Crippen molar-refractivity contribution in [2.24, 2.45) is 11.8 Å². The van der Waals surface area contributed by atoms with Crippen LogP contribution in [0.5, 0.6) is 0 Å². The molecule has 0 nitrogen and oxygen atoms in total. The maximum absolute atomic E-state index is 13.1. The standard InChI is InChI=1S/2C8H7F3.C7H4F10.C7H7F7.C7H3F5.2C7H7F.C7H13F.C7H7F.C6H11F/c1-6-3-2-4-7(5-6)8(9,10)11;1-6-4-2-3-5-7(6)8(9,10)11;1-2-3(8,9)5(12,13)7(16,17)6(14,15)4(2,10)11;1-3-4(2,8)6(11,12)7(13,14)5(3,9)10;1-2-3(8)5(10)7(12)6(11)4(2)9;1-6-2-4-7(8)5-3-6;1-6-3-2-4-7(8)5-6;1-7(8)5-3-2-4-6-7;1-6-4-2-3-5-7(6)8;1-6(7)4-2-3-5-6/h2*2-5H,1H3;2H,1H3;3H,1-2H3;1H3;2*2-5H,1H3;2-6H2,1H3;2-5H,1H3;2-5H2,1H3. The molecule has 0 N–H and O–H groups in total. The van der Waals surface area contributed by atoms with Gasteiger partial charge in [-0.3, -0.25) is 0 Å². The van der Waals surface area contributed by atoms with Crippen molar-refractivity contribution in [1.82, 2.24) is 0 Å². The Labute approximate surface area is 578 Å². The van der Waals surface area contributed by atoms with Gasteiger partial charge in [-0.05, 0) is 147 Å². The highest BCUT2D eigenvalue weighted by atomic mass is 19.4. The van der Waals surface area contributed by atoms with E-state index in [9.17, 15) is 145 Å². The van der Waals surface area contributed by atoms with E-state index in [-0.39, 0.29) is 36.9 Å². The van der Waals surface area contributed by atoms with Crippen LogP contribution >= 0.6 is 0 Å². The first-order valence-electron chi connectivity index (χ1n) is 30.8. The summed E-state index contributed by atoms with van der Waals surface area (Å²) < 4.78 is 410. The zero-order valence-corrected chi connectivity index (χ0v) is 57.0. The average molecular weight is 1550 g/mol. The molecule has 10 rings (SSSR count). The van der Waals surface area contributed by atoms with Gasteiger partial charge < -0.3 is 0 Å². The molecule has 0 saturated heterocycles. The quantitative estimate of drug-likeness (QED) is 0.0808. The number of alkyl halides is 25. The number of aryl methyl sites for hydroxylation is 5. The van der Waals surface area contributed by atoms with E-state index in [1.165, 1.54) is 61.9 Å². The maximum Gasteiger partial charge on any atom is 0.416 e. The van der Waals surface area contributed by atoms with Crippen LogP contribution < -0.4 is 0 Å². The molecule has 0 amide bonds. The van der Waals surface area contributed by atoms with Gasteiger partial charge in [0.2, 0.25) is 5.82 Å². The van der Waals surface area contributed by atoms with Crippen molar-refractivity contribution in [3.8, 4) is 0 Å². The van der Waals surface area contributed by atoms with Crippen LogP contribution in [-0.4, -0.2) is 64.4 Å². The van der Waals surface area contributed by atoms with Crippen LogP contribution in [0.4, 0.5) is 145 Å². The fourth-order valence-electron chi connectivity index (χ4n) is 9.31. The first-order chi connectivity index (χ1) is 46.8. The van der Waals surface area contributed by atoms with Gasteiger partial charge in [0, 0.05) is 5.56 Å². The summed E-state index contributed by atoms with van der Waals surface area (Å²) in [5, 5.41) is 0. The molecular formula is C71H73F33. The molecule has 0 aromatic heterocycles. The van der Waals surface area contributed by atoms with Crippen molar-refractivity contribution in [3.05, 3.63) is 212 Å². The SMILES string of the molecule is CC1(F)CCCC1.CC1(F)CCCCC1.CC1C(C)(F)C(F)(F)C(F)(F)C1(F)F.CC1C(F)(F)C(F)(F)C(F)(F)C(F)(F)C1(F)F.Cc1c(F)c(F)c(F)c(F)c1F.Cc1ccc(F)cc1.Cc1cccc(C(F)(F)F)c1.Cc1cccc(F)c1.Cc1ccccc1C(F)(F)F.Cc1ccccc1F. The largest absolute Gasteiger partial charge is 0.416 e. The van der Waals surface area contributed by atoms with E-state index in [1.807, 2.05) is 26.0 Å². The summed E-state index contributed by atoms with van der Waals surface area (Å²) in [6.07, 6.45) is 0.302. The summed E-state index contributed by atoms with van der Waals surface area (Å²) in [5.41, 5.74) is -3.91. The van der Waals surface area contributed by atoms with Crippen molar-refractivity contribution < 1.29 is 145 Å². The molecule has 2 atom stereocenters. The molecule has 104 heavy (non-hydrogen) atoms. The van der Waals surface area contributed by atoms with Gasteiger partial charge in [-0.1, -0.05) is 136 Å². The molecule has 0 bridgehead atoms. The minimum absolute atomic E-state index is 0.0620. The van der Waals surface area contributed by atoms with Gasteiger partial charge in [-0.2, -0.15) is 96.6 Å². The van der Waals surface area contributed by atoms with Gasteiger partial charge in [0.05, 0.1) is 23.0 Å². The number of halogens is 33. The molecule has 0 spiro atoms. The lowest BCUT2D eigenvalue weighted by molar-refractivity contribution is -0.461. The number of hydrogen-bond donors (Lipinski definition) is 0. The minimum atomic E-state index is -6.85. The summed E-state index contributed by atoms with van der Waals surface area (Å²) in [5.74, 6) is -64.6. The zero-order valence-electron chi connectivity index (χ0n) is 57.0. The topological polar surface area (TPSA) is 0 Å². The number of benzene rings is 6. The highest BCUT2D eigenvalue weighted by Gasteiger charge is 2.94. The molecule has 4 aliphatic carbocycles. The van der Waals surface area contributed by atoms with Crippen LogP contribution in [0.1, 0.15) is 137 Å². The van der Waals surface area contributed by atoms with E-state index in [1.54, 1.807) is 70.2 Å². The van der Waals surface area contributed by atoms with Crippen LogP contribution in [0.25, 0.3) is 0 Å². The fourth-order valence-corrected chi connectivity index (χ4v) is 9.31. The van der Waals surface area contributed by atoms with E-state index in [0.29, 0.717) is 18.1 Å². The smallest absolute Gasteiger partial charge is 0.244 e. The van der Waals surface area contributed by atoms with Gasteiger partial charge in [0.25, 0.3) is 0 Å². The Morgan fingerprint density at radius 3 is 0.933 bits per heavy atom. The van der Waals surface area contributed by atoms with Crippen molar-refractivity contribution in [1.29, 1.82) is 0 Å². The van der Waals surface area contributed by atoms with Gasteiger partial charge in [-0.25, -0.2) is 48.3 Å². The number of rotatable bonds is 0. The maximum atomic E-state index is 13.1. The predicted octanol–water partition coefficient (Wildman–Crippen LogP) is 27.2. The van der Waals surface area contributed by atoms with E-state index >= 15 is 0 Å². The van der Waals surface area contributed by atoms with Gasteiger partial charge in [0.15, 0.2) is 28.9 Å². The third kappa shape index (κ3) is 24.0. The minimum Gasteiger partial charge on any atom is -0.244 e. The summed E-state index contributed by atoms with van der Waals surface area (Å²) in [6, 6.07) is 30.3. The summed E-state index contributed by atoms with van der Waals surface area (Å²) in [4.78, 5) is 0. The summed E-state index contributed by atoms with van der Waals surface area (Å²) >= 11 is 0. The van der Waals surface area contributed by atoms with E-state index in [0.717, 1.165) is 87.6 Å². The highest BCUT2D eigenvalue weighted by Crippen LogP contribution is 2.67. The van der Waals surface area contributed by atoms with Crippen molar-refractivity contribution in [3.63, 3.8) is 0 Å². The van der Waals surface area contributed by atoms with Crippen LogP contribution in [-0.2, 0) is 12.4 Å². The van der Waals surface area contributed by atoms with Crippen LogP contribution in [0, 0.1) is 99.9 Å². The molecule has 6 aromatic rings. The van der Waals surface area contributed by atoms with Crippen molar-refractivity contribution in [2.45, 2.75) is 211 Å². The van der Waals surface area contributed by atoms with E-state index < -0.39 is 134 Å². The monoisotopic (exact) mass is 1550 g/mol. The van der Waals surface area contributed by atoms with Crippen LogP contribution in [0.3, 0.4) is 0 Å². The normalized spacial score (nSPS) is 21.2. The molecule has 0 heterocycles. The molecule has 4 aliphatic rings. The zero-order chi connectivity index (χ0) is 81.4. The molecule has 4 fully saturated rings. The molecular weight excluding hydrogens is 1480 g/mol. The Bertz CT molecular complexity index is 3380. The summed E-state index contributed by atoms with van der Waals surface area (Å²) in [7, 11) is 0. The second-order valence-corrected chi connectivity index (χ2v) is 25.1. The third-order valence-corrected chi connectivity index (χ3v) is 16.3. The average Bonchev–Trinajstić information content (AvgIpc) is 0.701. The van der Waals surface area contributed by atoms with Crippen LogP contribution in [0.2, 0.25) is 0 Å². The fraction of sp³-hybridized carbons (Fsp3) is 0.493. The van der Waals surface area contributed by atoms with Gasteiger partial charge in [0.1, 0.15) is 28.8 Å². The first-order valence-corrected chi connectivity index (χ1v) is 30.8. The first kappa shape index (κ1) is 95.0. The third-order valence-electron chi connectivity index (χ3n) is 16.3. The highest BCUT2D eigenvalue weighted by molar-refractivity contribution is 5.29. The van der Waals surface area contributed by atoms with Crippen molar-refractivity contribution in [2.75, 3.05) is 0 Å². The Hall–Kier alpha value is -6.99. The van der Waals surface area contributed by atoms with Gasteiger partial charge >= 0.3 is 59.7 Å². The molecule has 588 valence electrons. The lowest BCUT2D eigenvalue weighted by Crippen LogP contribution is -2.77. The van der Waals surface area contributed by atoms with Crippen LogP contribution in [0.15, 0.2) is 121 Å². The molecule has 2 unspecified atom stereocenters. The summed E-state index contributed by atoms with van der Waals surface area (Å²) in [6.45, 7) is 12.9. The van der Waals surface area contributed by atoms with E-state index in [2.05, 4.69) is 0 Å². The van der Waals surface area contributed by atoms with Crippen molar-refractivity contribution >= 4 is 0 Å². The number of hydrogen-bond acceptors (Lipinski definition) is 0. The second kappa shape index (κ2) is 36.5. The van der Waals surface area contributed by atoms with Gasteiger partial charge in [-0.15, -0.1) is 0 Å². The molecule has 0 radical (unpaired) electrons. The van der Waals surface area contributed by atoms with E-state index in [4.69, 9.17) is 0 Å². The Balaban J connectivity index is 0.000000584. The molecule has 4 saturated carbocycles. The predicted molar refractivity (Wildman–Crippen MR) is 325 cm³/mol. The lowest BCUT2D eigenvalue weighted by Gasteiger charge is -2.48. The lowest BCUT2D eigenvalue weighted by atomic mass is 9.75. The Morgan fingerprint density at radius 1 is 0.317 bits per heavy atom. The Kier molecular flexibility index (Phi) is 33.4. The molecule has 0 aliphatic heterocycles. The molecule has 6 aromatic carbocycles. The molecule has 33 heteroatoms.